The lowest BCUT2D eigenvalue weighted by atomic mass is 10.0. The number of hydrazine groups is 1. The van der Waals surface area contributed by atoms with Crippen molar-refractivity contribution < 1.29 is 19.1 Å². The van der Waals surface area contributed by atoms with E-state index in [1.807, 2.05) is 41.8 Å². The smallest absolute Gasteiger partial charge is 0.344 e. The van der Waals surface area contributed by atoms with E-state index < -0.39 is 11.9 Å². The molecule has 0 saturated carbocycles. The first kappa shape index (κ1) is 19.6. The number of nitrogens with one attached hydrogen (secondary N) is 1. The maximum Gasteiger partial charge on any atom is 0.344 e. The third-order valence-corrected chi connectivity index (χ3v) is 4.61. The Kier molecular flexibility index (Phi) is 6.08. The maximum absolute atomic E-state index is 12.8. The number of hydrogen-bond donors (Lipinski definition) is 2. The van der Waals surface area contributed by atoms with Crippen LogP contribution in [0.1, 0.15) is 15.9 Å². The Labute approximate surface area is 170 Å². The summed E-state index contributed by atoms with van der Waals surface area (Å²) in [5, 5.41) is 1.75. The molecule has 0 spiro atoms. The van der Waals surface area contributed by atoms with Crippen LogP contribution in [0.2, 0.25) is 0 Å². The summed E-state index contributed by atoms with van der Waals surface area (Å²) >= 11 is 3.40. The molecule has 7 heteroatoms. The molecule has 0 atom stereocenters. The van der Waals surface area contributed by atoms with Gasteiger partial charge in [-0.1, -0.05) is 36.4 Å². The zero-order chi connectivity index (χ0) is 20.1. The number of rotatable bonds is 5. The quantitative estimate of drug-likeness (QED) is 0.157. The predicted molar refractivity (Wildman–Crippen MR) is 111 cm³/mol. The van der Waals surface area contributed by atoms with Gasteiger partial charge >= 0.3 is 5.97 Å². The number of carbonyl (C=O) groups is 2. The topological polar surface area (TPSA) is 90.7 Å². The fourth-order valence-electron chi connectivity index (χ4n) is 2.71. The van der Waals surface area contributed by atoms with Gasteiger partial charge in [0.2, 0.25) is 0 Å². The van der Waals surface area contributed by atoms with Gasteiger partial charge in [-0.2, -0.15) is 0 Å². The van der Waals surface area contributed by atoms with E-state index >= 15 is 0 Å². The van der Waals surface area contributed by atoms with Crippen LogP contribution < -0.4 is 20.7 Å². The first-order chi connectivity index (χ1) is 13.5. The van der Waals surface area contributed by atoms with Gasteiger partial charge in [0.1, 0.15) is 0 Å². The van der Waals surface area contributed by atoms with Gasteiger partial charge in [0.15, 0.2) is 11.5 Å². The number of benzene rings is 3. The molecule has 1 amide bonds. The Morgan fingerprint density at radius 1 is 1.11 bits per heavy atom. The first-order valence-corrected chi connectivity index (χ1v) is 9.09. The van der Waals surface area contributed by atoms with Gasteiger partial charge in [-0.15, -0.1) is 0 Å². The number of amides is 1. The summed E-state index contributed by atoms with van der Waals surface area (Å²) < 4.78 is 11.5. The van der Waals surface area contributed by atoms with Gasteiger partial charge in [0.25, 0.3) is 5.91 Å². The zero-order valence-electron chi connectivity index (χ0n) is 14.9. The van der Waals surface area contributed by atoms with E-state index in [0.29, 0.717) is 21.3 Å². The molecule has 0 aliphatic carbocycles. The molecule has 3 aromatic carbocycles. The second-order valence-electron chi connectivity index (χ2n) is 5.79. The average molecular weight is 441 g/mol. The van der Waals surface area contributed by atoms with E-state index in [2.05, 4.69) is 15.9 Å². The molecule has 142 valence electrons. The standard InChI is InChI=1S/C21H17BrN2O4/c1-27-18-12-13(9-10-19(25)24-23)11-17(22)20(18)28-21(26)16-8-4-6-14-5-2-3-7-15(14)16/h2-12H,23H2,1H3,(H,24,25)/b10-9+. The highest BCUT2D eigenvalue weighted by Gasteiger charge is 2.18. The molecule has 0 aliphatic heterocycles. The second kappa shape index (κ2) is 8.69. The lowest BCUT2D eigenvalue weighted by molar-refractivity contribution is -0.116. The van der Waals surface area contributed by atoms with Crippen LogP contribution in [-0.2, 0) is 4.79 Å². The van der Waals surface area contributed by atoms with Crippen LogP contribution in [0.5, 0.6) is 11.5 Å². The van der Waals surface area contributed by atoms with Gasteiger partial charge in [0, 0.05) is 6.08 Å². The largest absolute Gasteiger partial charge is 0.493 e. The highest BCUT2D eigenvalue weighted by molar-refractivity contribution is 9.10. The molecule has 0 unspecified atom stereocenters. The Balaban J connectivity index is 1.94. The minimum absolute atomic E-state index is 0.251. The van der Waals surface area contributed by atoms with Crippen LogP contribution >= 0.6 is 15.9 Å². The van der Waals surface area contributed by atoms with Gasteiger partial charge in [0.05, 0.1) is 17.1 Å². The normalized spacial score (nSPS) is 10.8. The van der Waals surface area contributed by atoms with Gasteiger partial charge in [-0.3, -0.25) is 10.2 Å². The van der Waals surface area contributed by atoms with E-state index in [1.165, 1.54) is 13.2 Å². The molecule has 0 bridgehead atoms. The van der Waals surface area contributed by atoms with Crippen LogP contribution in [0.25, 0.3) is 16.8 Å². The van der Waals surface area contributed by atoms with Crippen LogP contribution in [0.3, 0.4) is 0 Å². The maximum atomic E-state index is 12.8. The van der Waals surface area contributed by atoms with Crippen molar-refractivity contribution in [1.29, 1.82) is 0 Å². The number of nitrogens with two attached hydrogens (primary N) is 1. The van der Waals surface area contributed by atoms with Crippen LogP contribution in [-0.4, -0.2) is 19.0 Å². The molecule has 0 heterocycles. The van der Waals surface area contributed by atoms with E-state index in [0.717, 1.165) is 10.8 Å². The number of ether oxygens (including phenoxy) is 2. The Hall–Kier alpha value is -3.16. The summed E-state index contributed by atoms with van der Waals surface area (Å²) in [6.45, 7) is 0. The molecule has 0 saturated heterocycles. The van der Waals surface area contributed by atoms with Crippen molar-refractivity contribution in [3.05, 3.63) is 76.3 Å². The summed E-state index contributed by atoms with van der Waals surface area (Å²) in [5.41, 5.74) is 3.13. The molecule has 28 heavy (non-hydrogen) atoms. The minimum atomic E-state index is -0.499. The highest BCUT2D eigenvalue weighted by atomic mass is 79.9. The molecule has 0 fully saturated rings. The summed E-state index contributed by atoms with van der Waals surface area (Å²) in [6, 6.07) is 16.4. The van der Waals surface area contributed by atoms with Crippen LogP contribution in [0, 0.1) is 0 Å². The van der Waals surface area contributed by atoms with Crippen molar-refractivity contribution in [3.8, 4) is 11.5 Å². The lowest BCUT2D eigenvalue weighted by Crippen LogP contribution is -2.27. The highest BCUT2D eigenvalue weighted by Crippen LogP contribution is 2.38. The fraction of sp³-hybridized carbons (Fsp3) is 0.0476. The molecule has 3 aromatic rings. The van der Waals surface area contributed by atoms with E-state index in [9.17, 15) is 9.59 Å². The summed E-state index contributed by atoms with van der Waals surface area (Å²) in [5.74, 6) is 4.71. The number of esters is 1. The van der Waals surface area contributed by atoms with Crippen molar-refractivity contribution in [2.75, 3.05) is 7.11 Å². The van der Waals surface area contributed by atoms with Gasteiger partial charge in [-0.05, 0) is 56.5 Å². The first-order valence-electron chi connectivity index (χ1n) is 8.29. The summed E-state index contributed by atoms with van der Waals surface area (Å²) in [6.07, 6.45) is 2.84. The number of carbonyl (C=O) groups excluding carboxylic acids is 2. The minimum Gasteiger partial charge on any atom is -0.493 e. The van der Waals surface area contributed by atoms with Crippen molar-refractivity contribution in [3.63, 3.8) is 0 Å². The number of halogens is 1. The van der Waals surface area contributed by atoms with Crippen molar-refractivity contribution in [2.45, 2.75) is 0 Å². The average Bonchev–Trinajstić information content (AvgIpc) is 2.72. The van der Waals surface area contributed by atoms with E-state index in [1.54, 1.807) is 24.3 Å². The molecular weight excluding hydrogens is 424 g/mol. The lowest BCUT2D eigenvalue weighted by Gasteiger charge is -2.13. The number of fused-ring (bicyclic) bond motifs is 1. The number of hydrogen-bond acceptors (Lipinski definition) is 5. The molecule has 3 N–H and O–H groups in total. The zero-order valence-corrected chi connectivity index (χ0v) is 16.5. The SMILES string of the molecule is COc1cc(/C=C/C(=O)NN)cc(Br)c1OC(=O)c1cccc2ccccc12. The van der Waals surface area contributed by atoms with Crippen molar-refractivity contribution in [1.82, 2.24) is 5.43 Å². The molecule has 0 radical (unpaired) electrons. The van der Waals surface area contributed by atoms with Crippen molar-refractivity contribution >= 4 is 44.7 Å². The molecule has 3 rings (SSSR count). The van der Waals surface area contributed by atoms with E-state index in [-0.39, 0.29) is 5.75 Å². The van der Waals surface area contributed by atoms with Crippen LogP contribution in [0.4, 0.5) is 0 Å². The Morgan fingerprint density at radius 2 is 1.86 bits per heavy atom. The van der Waals surface area contributed by atoms with Gasteiger partial charge < -0.3 is 9.47 Å². The second-order valence-corrected chi connectivity index (χ2v) is 6.65. The van der Waals surface area contributed by atoms with Crippen LogP contribution in [0.15, 0.2) is 65.1 Å². The summed E-state index contributed by atoms with van der Waals surface area (Å²) in [7, 11) is 1.47. The Bertz CT molecular complexity index is 1070. The van der Waals surface area contributed by atoms with Gasteiger partial charge in [-0.25, -0.2) is 10.6 Å². The third-order valence-electron chi connectivity index (χ3n) is 4.03. The van der Waals surface area contributed by atoms with Crippen molar-refractivity contribution in [2.24, 2.45) is 5.84 Å². The molecule has 6 nitrogen and oxygen atoms in total. The summed E-state index contributed by atoms with van der Waals surface area (Å²) in [4.78, 5) is 24.1. The third kappa shape index (κ3) is 4.21. The number of methoxy groups -OCH3 is 1. The predicted octanol–water partition coefficient (Wildman–Crippen LogP) is 3.83. The monoisotopic (exact) mass is 440 g/mol. The molecule has 0 aromatic heterocycles. The van der Waals surface area contributed by atoms with E-state index in [4.69, 9.17) is 15.3 Å². The fourth-order valence-corrected chi connectivity index (χ4v) is 3.25. The Morgan fingerprint density at radius 3 is 2.61 bits per heavy atom. The molecule has 0 aliphatic rings. The molecular formula is C21H17BrN2O4.